The number of thiophene rings is 1. The van der Waals surface area contributed by atoms with Crippen molar-refractivity contribution in [3.63, 3.8) is 0 Å². The van der Waals surface area contributed by atoms with Gasteiger partial charge in [-0.2, -0.15) is 0 Å². The van der Waals surface area contributed by atoms with Crippen molar-refractivity contribution in [1.82, 2.24) is 10.6 Å². The van der Waals surface area contributed by atoms with E-state index in [0.717, 1.165) is 24.5 Å². The van der Waals surface area contributed by atoms with Crippen LogP contribution in [0.15, 0.2) is 28.6 Å². The van der Waals surface area contributed by atoms with Crippen LogP contribution in [-0.4, -0.2) is 26.2 Å². The van der Waals surface area contributed by atoms with Gasteiger partial charge in [0.05, 0.1) is 24.8 Å². The number of aliphatic imine (C=N–C) groups is 1. The van der Waals surface area contributed by atoms with Crippen LogP contribution >= 0.6 is 46.9 Å². The van der Waals surface area contributed by atoms with Crippen LogP contribution in [0.5, 0.6) is 11.5 Å². The lowest BCUT2D eigenvalue weighted by Gasteiger charge is -2.14. The summed E-state index contributed by atoms with van der Waals surface area (Å²) in [6, 6.07) is 5.99. The average molecular weight is 508 g/mol. The van der Waals surface area contributed by atoms with Gasteiger partial charge in [-0.25, -0.2) is 0 Å². The van der Waals surface area contributed by atoms with Crippen LogP contribution in [0, 0.1) is 6.92 Å². The van der Waals surface area contributed by atoms with Crippen molar-refractivity contribution in [1.29, 1.82) is 0 Å². The van der Waals surface area contributed by atoms with Crippen molar-refractivity contribution in [2.75, 3.05) is 20.3 Å². The molecule has 1 aliphatic heterocycles. The van der Waals surface area contributed by atoms with E-state index in [-0.39, 0.29) is 24.0 Å². The molecule has 8 heteroatoms. The van der Waals surface area contributed by atoms with E-state index >= 15 is 0 Å². The van der Waals surface area contributed by atoms with Gasteiger partial charge in [0.15, 0.2) is 17.5 Å². The Balaban J connectivity index is 0.00000243. The highest BCUT2D eigenvalue weighted by Gasteiger charge is 2.15. The number of nitrogens with zero attached hydrogens (tertiary/aromatic N) is 1. The van der Waals surface area contributed by atoms with Crippen LogP contribution in [-0.2, 0) is 13.1 Å². The van der Waals surface area contributed by atoms with Crippen LogP contribution < -0.4 is 20.1 Å². The first-order chi connectivity index (χ1) is 12.2. The Bertz CT molecular complexity index is 767. The molecule has 1 aromatic heterocycles. The maximum Gasteiger partial charge on any atom is 0.191 e. The molecule has 0 radical (unpaired) electrons. The second-order valence-electron chi connectivity index (χ2n) is 5.76. The molecule has 26 heavy (non-hydrogen) atoms. The minimum absolute atomic E-state index is 0. The molecule has 5 nitrogen and oxygen atoms in total. The van der Waals surface area contributed by atoms with E-state index in [0.29, 0.717) is 36.3 Å². The lowest BCUT2D eigenvalue weighted by atomic mass is 10.2. The largest absolute Gasteiger partial charge is 0.489 e. The minimum atomic E-state index is 0. The molecule has 0 atom stereocenters. The van der Waals surface area contributed by atoms with Gasteiger partial charge in [-0.15, -0.1) is 35.3 Å². The second-order valence-corrected chi connectivity index (χ2v) is 7.17. The molecule has 0 saturated carbocycles. The predicted molar refractivity (Wildman–Crippen MR) is 119 cm³/mol. The fourth-order valence-corrected chi connectivity index (χ4v) is 3.68. The summed E-state index contributed by atoms with van der Waals surface area (Å²) in [7, 11) is 1.76. The Morgan fingerprint density at radius 3 is 2.73 bits per heavy atom. The third-order valence-electron chi connectivity index (χ3n) is 3.93. The number of hydrogen-bond acceptors (Lipinski definition) is 4. The van der Waals surface area contributed by atoms with E-state index in [2.05, 4.69) is 34.0 Å². The van der Waals surface area contributed by atoms with E-state index in [1.54, 1.807) is 18.4 Å². The number of guanidine groups is 1. The maximum absolute atomic E-state index is 6.34. The number of benzene rings is 1. The molecule has 3 rings (SSSR count). The van der Waals surface area contributed by atoms with Crippen molar-refractivity contribution in [3.8, 4) is 11.5 Å². The van der Waals surface area contributed by atoms with E-state index in [1.807, 2.05) is 12.1 Å². The highest BCUT2D eigenvalue weighted by atomic mass is 127. The summed E-state index contributed by atoms with van der Waals surface area (Å²) in [6.07, 6.45) is 0.858. The smallest absolute Gasteiger partial charge is 0.191 e. The Kier molecular flexibility index (Phi) is 8.30. The number of aryl methyl sites for hydroxylation is 1. The molecule has 0 fully saturated rings. The maximum atomic E-state index is 6.34. The molecule has 2 aromatic rings. The highest BCUT2D eigenvalue weighted by Crippen LogP contribution is 2.37. The summed E-state index contributed by atoms with van der Waals surface area (Å²) in [5.74, 6) is 2.09. The van der Waals surface area contributed by atoms with Crippen molar-refractivity contribution in [2.45, 2.75) is 26.4 Å². The number of ether oxygens (including phenoxy) is 2. The number of fused-ring (bicyclic) bond motifs is 1. The Morgan fingerprint density at radius 2 is 2.00 bits per heavy atom. The molecule has 0 saturated heterocycles. The van der Waals surface area contributed by atoms with Gasteiger partial charge in [0.1, 0.15) is 0 Å². The molecular weight excluding hydrogens is 485 g/mol. The van der Waals surface area contributed by atoms with Gasteiger partial charge in [-0.05, 0) is 41.6 Å². The summed E-state index contributed by atoms with van der Waals surface area (Å²) < 4.78 is 11.4. The molecule has 2 heterocycles. The van der Waals surface area contributed by atoms with E-state index in [1.165, 1.54) is 10.4 Å². The third kappa shape index (κ3) is 5.40. The molecule has 0 spiro atoms. The Hall–Kier alpha value is -1.19. The summed E-state index contributed by atoms with van der Waals surface area (Å²) in [5, 5.41) is 9.31. The number of nitrogens with one attached hydrogen (secondary N) is 2. The monoisotopic (exact) mass is 507 g/mol. The summed E-state index contributed by atoms with van der Waals surface area (Å²) >= 11 is 8.08. The van der Waals surface area contributed by atoms with Gasteiger partial charge in [-0.1, -0.05) is 11.6 Å². The zero-order chi connectivity index (χ0) is 17.6. The predicted octanol–water partition coefficient (Wildman–Crippen LogP) is 4.35. The molecule has 1 aromatic carbocycles. The molecular formula is C18H23ClIN3O2S. The second kappa shape index (κ2) is 10.2. The molecule has 2 N–H and O–H groups in total. The highest BCUT2D eigenvalue weighted by molar-refractivity contribution is 14.0. The van der Waals surface area contributed by atoms with E-state index in [4.69, 9.17) is 21.1 Å². The van der Waals surface area contributed by atoms with Crippen LogP contribution in [0.3, 0.4) is 0 Å². The SMILES string of the molecule is CN=C(NCc1cc(Cl)c2c(c1)OCCCO2)NCc1sccc1C.I. The van der Waals surface area contributed by atoms with Crippen LogP contribution in [0.25, 0.3) is 0 Å². The van der Waals surface area contributed by atoms with E-state index < -0.39 is 0 Å². The summed E-state index contributed by atoms with van der Waals surface area (Å²) in [4.78, 5) is 5.57. The number of halogens is 2. The summed E-state index contributed by atoms with van der Waals surface area (Å²) in [5.41, 5.74) is 2.31. The topological polar surface area (TPSA) is 54.9 Å². The van der Waals surface area contributed by atoms with Crippen LogP contribution in [0.2, 0.25) is 5.02 Å². The third-order valence-corrected chi connectivity index (χ3v) is 5.23. The zero-order valence-corrected chi connectivity index (χ0v) is 18.7. The molecule has 142 valence electrons. The van der Waals surface area contributed by atoms with Crippen molar-refractivity contribution in [3.05, 3.63) is 44.6 Å². The normalized spacial score (nSPS) is 13.6. The van der Waals surface area contributed by atoms with Gasteiger partial charge < -0.3 is 20.1 Å². The van der Waals surface area contributed by atoms with E-state index in [9.17, 15) is 0 Å². The first-order valence-electron chi connectivity index (χ1n) is 8.23. The molecule has 0 bridgehead atoms. The standard InChI is InChI=1S/C18H22ClN3O2S.HI/c1-12-4-7-25-16(12)11-22-18(20-2)21-10-13-8-14(19)17-15(9-13)23-5-3-6-24-17;/h4,7-9H,3,5-6,10-11H2,1-2H3,(H2,20,21,22);1H. The first kappa shape index (κ1) is 21.1. The van der Waals surface area contributed by atoms with Crippen molar-refractivity contribution >= 4 is 52.9 Å². The van der Waals surface area contributed by atoms with Gasteiger partial charge >= 0.3 is 0 Å². The quantitative estimate of drug-likeness (QED) is 0.367. The lowest BCUT2D eigenvalue weighted by molar-refractivity contribution is 0.297. The van der Waals surface area contributed by atoms with Crippen LogP contribution in [0.1, 0.15) is 22.4 Å². The molecule has 0 aliphatic carbocycles. The lowest BCUT2D eigenvalue weighted by Crippen LogP contribution is -2.36. The fraction of sp³-hybridized carbons (Fsp3) is 0.389. The molecule has 0 unspecified atom stereocenters. The zero-order valence-electron chi connectivity index (χ0n) is 14.8. The Morgan fingerprint density at radius 1 is 1.23 bits per heavy atom. The first-order valence-corrected chi connectivity index (χ1v) is 9.48. The van der Waals surface area contributed by atoms with Crippen molar-refractivity contribution in [2.24, 2.45) is 4.99 Å². The Labute approximate surface area is 180 Å². The van der Waals surface area contributed by atoms with Crippen LogP contribution in [0.4, 0.5) is 0 Å². The number of hydrogen-bond donors (Lipinski definition) is 2. The number of rotatable bonds is 4. The fourth-order valence-electron chi connectivity index (χ4n) is 2.54. The molecule has 1 aliphatic rings. The van der Waals surface area contributed by atoms with Gasteiger partial charge in [-0.3, -0.25) is 4.99 Å². The minimum Gasteiger partial charge on any atom is -0.489 e. The molecule has 0 amide bonds. The van der Waals surface area contributed by atoms with Gasteiger partial charge in [0.2, 0.25) is 0 Å². The van der Waals surface area contributed by atoms with Crippen molar-refractivity contribution < 1.29 is 9.47 Å². The average Bonchev–Trinajstić information content (AvgIpc) is 2.87. The van der Waals surface area contributed by atoms with Gasteiger partial charge in [0, 0.05) is 24.9 Å². The van der Waals surface area contributed by atoms with Gasteiger partial charge in [0.25, 0.3) is 0 Å². The summed E-state index contributed by atoms with van der Waals surface area (Å²) in [6.45, 7) is 4.74.